The molecule has 31 heavy (non-hydrogen) atoms. The van der Waals surface area contributed by atoms with E-state index >= 15 is 0 Å². The first kappa shape index (κ1) is 20.3. The van der Waals surface area contributed by atoms with Gasteiger partial charge < -0.3 is 14.8 Å². The molecular weight excluding hydrogens is 392 g/mol. The summed E-state index contributed by atoms with van der Waals surface area (Å²) in [5, 5.41) is 10.4. The molecule has 0 fully saturated rings. The number of nitrogens with zero attached hydrogens (tertiary/aromatic N) is 4. The maximum absolute atomic E-state index is 5.90. The first-order valence-electron chi connectivity index (χ1n) is 9.90. The number of benzene rings is 2. The average Bonchev–Trinajstić information content (AvgIpc) is 3.16. The lowest BCUT2D eigenvalue weighted by Gasteiger charge is -2.19. The van der Waals surface area contributed by atoms with Gasteiger partial charge in [0.2, 0.25) is 11.8 Å². The van der Waals surface area contributed by atoms with Gasteiger partial charge in [-0.05, 0) is 57.5 Å². The van der Waals surface area contributed by atoms with Gasteiger partial charge >= 0.3 is 6.01 Å². The van der Waals surface area contributed by atoms with Crippen LogP contribution in [0.25, 0.3) is 11.4 Å². The van der Waals surface area contributed by atoms with Crippen molar-refractivity contribution in [3.05, 3.63) is 66.4 Å². The van der Waals surface area contributed by atoms with Gasteiger partial charge in [0.1, 0.15) is 11.4 Å². The highest BCUT2D eigenvalue weighted by molar-refractivity contribution is 5.61. The third-order valence-corrected chi connectivity index (χ3v) is 4.09. The quantitative estimate of drug-likeness (QED) is 0.441. The van der Waals surface area contributed by atoms with Crippen LogP contribution in [0, 0.1) is 6.92 Å². The molecule has 2 aromatic carbocycles. The summed E-state index contributed by atoms with van der Waals surface area (Å²) >= 11 is 0. The predicted octanol–water partition coefficient (Wildman–Crippen LogP) is 5.28. The van der Waals surface area contributed by atoms with E-state index in [1.807, 2.05) is 76.2 Å². The summed E-state index contributed by atoms with van der Waals surface area (Å²) in [6.07, 6.45) is 1.60. The van der Waals surface area contributed by atoms with Crippen LogP contribution in [0.5, 0.6) is 17.6 Å². The van der Waals surface area contributed by atoms with Crippen molar-refractivity contribution in [1.82, 2.24) is 25.1 Å². The molecule has 0 spiro atoms. The number of hydrogen-bond acceptors (Lipinski definition) is 7. The van der Waals surface area contributed by atoms with Crippen molar-refractivity contribution in [2.45, 2.75) is 33.3 Å². The van der Waals surface area contributed by atoms with Crippen LogP contribution >= 0.6 is 0 Å². The topological polar surface area (TPSA) is 97.8 Å². The standard InChI is InChI=1S/C23H24N6O2/c1-15-7-5-9-17(13-15)25-21-27-20(28-29-21)16-8-6-10-18(14-16)30-19-11-12-24-22(26-19)31-23(2,3)4/h5-14H,1-4H3,(H2,25,27,28,29). The second kappa shape index (κ2) is 8.43. The highest BCUT2D eigenvalue weighted by Gasteiger charge is 2.14. The SMILES string of the molecule is Cc1cccc(Nc2n[nH]c(-c3cccc(Oc4ccnc(OC(C)(C)C)n4)c3)n2)c1. The zero-order valence-corrected chi connectivity index (χ0v) is 17.9. The molecule has 0 bridgehead atoms. The summed E-state index contributed by atoms with van der Waals surface area (Å²) in [6.45, 7) is 7.85. The molecule has 0 radical (unpaired) electrons. The summed E-state index contributed by atoms with van der Waals surface area (Å²) in [5.41, 5.74) is 2.53. The largest absolute Gasteiger partial charge is 0.458 e. The van der Waals surface area contributed by atoms with Crippen LogP contribution in [0.3, 0.4) is 0 Å². The van der Waals surface area contributed by atoms with Crippen LogP contribution in [-0.4, -0.2) is 30.8 Å². The van der Waals surface area contributed by atoms with Crippen molar-refractivity contribution in [2.75, 3.05) is 5.32 Å². The number of hydrogen-bond donors (Lipinski definition) is 2. The molecular formula is C23H24N6O2. The lowest BCUT2D eigenvalue weighted by Crippen LogP contribution is -2.24. The number of aromatic nitrogens is 5. The Labute approximate surface area is 180 Å². The molecule has 4 rings (SSSR count). The van der Waals surface area contributed by atoms with E-state index in [1.54, 1.807) is 12.3 Å². The third kappa shape index (κ3) is 5.57. The van der Waals surface area contributed by atoms with E-state index in [0.29, 0.717) is 23.4 Å². The van der Waals surface area contributed by atoms with Gasteiger partial charge in [0.05, 0.1) is 0 Å². The minimum absolute atomic E-state index is 0.267. The molecule has 4 aromatic rings. The Morgan fingerprint density at radius 1 is 0.968 bits per heavy atom. The van der Waals surface area contributed by atoms with E-state index in [9.17, 15) is 0 Å². The summed E-state index contributed by atoms with van der Waals surface area (Å²) in [5.74, 6) is 2.13. The van der Waals surface area contributed by atoms with Crippen molar-refractivity contribution in [3.63, 3.8) is 0 Å². The summed E-state index contributed by atoms with van der Waals surface area (Å²) in [7, 11) is 0. The molecule has 2 N–H and O–H groups in total. The van der Waals surface area contributed by atoms with Crippen LogP contribution in [0.4, 0.5) is 11.6 Å². The van der Waals surface area contributed by atoms with E-state index in [0.717, 1.165) is 16.8 Å². The Morgan fingerprint density at radius 2 is 1.81 bits per heavy atom. The molecule has 2 aromatic heterocycles. The van der Waals surface area contributed by atoms with Gasteiger partial charge in [-0.15, -0.1) is 5.10 Å². The fourth-order valence-corrected chi connectivity index (χ4v) is 2.83. The number of aryl methyl sites for hydroxylation is 1. The number of rotatable bonds is 6. The first-order valence-corrected chi connectivity index (χ1v) is 9.90. The van der Waals surface area contributed by atoms with E-state index in [2.05, 4.69) is 30.5 Å². The van der Waals surface area contributed by atoms with Crippen molar-refractivity contribution in [3.8, 4) is 29.0 Å². The highest BCUT2D eigenvalue weighted by Crippen LogP contribution is 2.26. The van der Waals surface area contributed by atoms with Gasteiger partial charge in [-0.2, -0.15) is 9.97 Å². The molecule has 0 unspecified atom stereocenters. The van der Waals surface area contributed by atoms with Crippen LogP contribution in [0.1, 0.15) is 26.3 Å². The maximum atomic E-state index is 5.90. The molecule has 0 aliphatic heterocycles. The lowest BCUT2D eigenvalue weighted by molar-refractivity contribution is 0.116. The van der Waals surface area contributed by atoms with Crippen molar-refractivity contribution in [2.24, 2.45) is 0 Å². The molecule has 0 amide bonds. The fourth-order valence-electron chi connectivity index (χ4n) is 2.83. The molecule has 0 saturated heterocycles. The highest BCUT2D eigenvalue weighted by atomic mass is 16.5. The summed E-state index contributed by atoms with van der Waals surface area (Å²) in [6, 6.07) is 17.5. The van der Waals surface area contributed by atoms with E-state index in [-0.39, 0.29) is 6.01 Å². The molecule has 8 nitrogen and oxygen atoms in total. The molecule has 2 heterocycles. The second-order valence-corrected chi connectivity index (χ2v) is 8.02. The minimum atomic E-state index is -0.394. The predicted molar refractivity (Wildman–Crippen MR) is 119 cm³/mol. The zero-order valence-electron chi connectivity index (χ0n) is 17.9. The Kier molecular flexibility index (Phi) is 5.53. The lowest BCUT2D eigenvalue weighted by atomic mass is 10.2. The zero-order chi connectivity index (χ0) is 21.8. The number of anilines is 2. The van der Waals surface area contributed by atoms with E-state index in [4.69, 9.17) is 9.47 Å². The van der Waals surface area contributed by atoms with Crippen LogP contribution in [0.2, 0.25) is 0 Å². The first-order chi connectivity index (χ1) is 14.8. The van der Waals surface area contributed by atoms with Crippen molar-refractivity contribution < 1.29 is 9.47 Å². The number of ether oxygens (including phenoxy) is 2. The van der Waals surface area contributed by atoms with Gasteiger partial charge in [-0.3, -0.25) is 5.10 Å². The number of H-pyrrole nitrogens is 1. The smallest absolute Gasteiger partial charge is 0.320 e. The molecule has 8 heteroatoms. The molecule has 158 valence electrons. The second-order valence-electron chi connectivity index (χ2n) is 8.02. The van der Waals surface area contributed by atoms with E-state index < -0.39 is 5.60 Å². The summed E-state index contributed by atoms with van der Waals surface area (Å²) in [4.78, 5) is 13.0. The Hall–Kier alpha value is -3.94. The molecule has 0 aliphatic rings. The third-order valence-electron chi connectivity index (χ3n) is 4.09. The Balaban J connectivity index is 1.49. The van der Waals surface area contributed by atoms with Crippen molar-refractivity contribution in [1.29, 1.82) is 0 Å². The van der Waals surface area contributed by atoms with Gasteiger partial charge in [0, 0.05) is 23.5 Å². The van der Waals surface area contributed by atoms with E-state index in [1.165, 1.54) is 0 Å². The summed E-state index contributed by atoms with van der Waals surface area (Å²) < 4.78 is 11.6. The van der Waals surface area contributed by atoms with Crippen LogP contribution in [0.15, 0.2) is 60.8 Å². The average molecular weight is 416 g/mol. The maximum Gasteiger partial charge on any atom is 0.320 e. The van der Waals surface area contributed by atoms with Gasteiger partial charge in [-0.1, -0.05) is 24.3 Å². The number of nitrogens with one attached hydrogen (secondary N) is 2. The van der Waals surface area contributed by atoms with Crippen molar-refractivity contribution >= 4 is 11.6 Å². The minimum Gasteiger partial charge on any atom is -0.458 e. The monoisotopic (exact) mass is 416 g/mol. The molecule has 0 aliphatic carbocycles. The van der Waals surface area contributed by atoms with Gasteiger partial charge in [-0.25, -0.2) is 4.98 Å². The van der Waals surface area contributed by atoms with Gasteiger partial charge in [0.25, 0.3) is 0 Å². The Bertz CT molecular complexity index is 1180. The number of aromatic amines is 1. The van der Waals surface area contributed by atoms with Crippen LogP contribution < -0.4 is 14.8 Å². The Morgan fingerprint density at radius 3 is 2.61 bits per heavy atom. The fraction of sp³-hybridized carbons (Fsp3) is 0.217. The van der Waals surface area contributed by atoms with Crippen LogP contribution in [-0.2, 0) is 0 Å². The van der Waals surface area contributed by atoms with Gasteiger partial charge in [0.15, 0.2) is 5.82 Å². The molecule has 0 atom stereocenters. The molecule has 0 saturated carbocycles. The normalized spacial score (nSPS) is 11.2.